The summed E-state index contributed by atoms with van der Waals surface area (Å²) in [4.78, 5) is 22.8. The largest absolute Gasteiger partial charge is 0.484 e. The molecule has 0 radical (unpaired) electrons. The van der Waals surface area contributed by atoms with Crippen LogP contribution in [-0.4, -0.2) is 28.6 Å². The first-order chi connectivity index (χ1) is 10.8. The molecule has 7 heteroatoms. The molecule has 1 aromatic carbocycles. The quantitative estimate of drug-likeness (QED) is 0.781. The number of aromatic amines is 1. The number of primary amides is 1. The van der Waals surface area contributed by atoms with Crippen LogP contribution in [0.4, 0.5) is 5.82 Å². The summed E-state index contributed by atoms with van der Waals surface area (Å²) in [5.74, 6) is 0.0913. The van der Waals surface area contributed by atoms with Gasteiger partial charge in [0.05, 0.1) is 0 Å². The Hall–Kier alpha value is -2.83. The first kappa shape index (κ1) is 16.5. The van der Waals surface area contributed by atoms with Crippen LogP contribution in [0.2, 0.25) is 0 Å². The first-order valence-electron chi connectivity index (χ1n) is 7.14. The number of benzene rings is 1. The van der Waals surface area contributed by atoms with Crippen LogP contribution in [0.15, 0.2) is 30.3 Å². The smallest absolute Gasteiger partial charge is 0.263 e. The predicted octanol–water partition coefficient (Wildman–Crippen LogP) is 1.82. The first-order valence-corrected chi connectivity index (χ1v) is 7.14. The summed E-state index contributed by atoms with van der Waals surface area (Å²) in [6.45, 7) is 5.98. The lowest BCUT2D eigenvalue weighted by atomic mass is 9.92. The van der Waals surface area contributed by atoms with Crippen LogP contribution in [0.3, 0.4) is 0 Å². The van der Waals surface area contributed by atoms with Gasteiger partial charge in [-0.2, -0.15) is 5.10 Å². The van der Waals surface area contributed by atoms with Crippen molar-refractivity contribution in [2.24, 2.45) is 5.73 Å². The van der Waals surface area contributed by atoms with E-state index in [0.29, 0.717) is 17.1 Å². The van der Waals surface area contributed by atoms with Gasteiger partial charge in [-0.05, 0) is 24.3 Å². The van der Waals surface area contributed by atoms with Gasteiger partial charge in [0.15, 0.2) is 12.4 Å². The van der Waals surface area contributed by atoms with Gasteiger partial charge in [-0.25, -0.2) is 0 Å². The molecule has 1 aromatic heterocycles. The standard InChI is InChI=1S/C16H20N4O3/c1-16(2,3)12-8-13(20-19-12)18-14(21)9-23-11-6-4-10(5-7-11)15(17)22/h4-8H,9H2,1-3H3,(H2,17,22)(H2,18,19,20,21). The van der Waals surface area contributed by atoms with Crippen LogP contribution in [0.5, 0.6) is 5.75 Å². The minimum atomic E-state index is -0.512. The molecular weight excluding hydrogens is 296 g/mol. The van der Waals surface area contributed by atoms with Gasteiger partial charge >= 0.3 is 0 Å². The summed E-state index contributed by atoms with van der Waals surface area (Å²) >= 11 is 0. The third-order valence-corrected chi connectivity index (χ3v) is 3.16. The molecule has 4 N–H and O–H groups in total. The zero-order valence-electron chi connectivity index (χ0n) is 13.3. The number of nitrogens with one attached hydrogen (secondary N) is 2. The maximum Gasteiger partial charge on any atom is 0.263 e. The highest BCUT2D eigenvalue weighted by molar-refractivity contribution is 5.93. The van der Waals surface area contributed by atoms with Crippen molar-refractivity contribution in [2.45, 2.75) is 26.2 Å². The van der Waals surface area contributed by atoms with Gasteiger partial charge in [0.1, 0.15) is 5.75 Å². The second-order valence-corrected chi connectivity index (χ2v) is 6.14. The maximum absolute atomic E-state index is 11.9. The highest BCUT2D eigenvalue weighted by Crippen LogP contribution is 2.21. The van der Waals surface area contributed by atoms with Gasteiger partial charge in [-0.1, -0.05) is 20.8 Å². The number of hydrogen-bond acceptors (Lipinski definition) is 4. The molecule has 0 spiro atoms. The Morgan fingerprint density at radius 1 is 1.26 bits per heavy atom. The third-order valence-electron chi connectivity index (χ3n) is 3.16. The fourth-order valence-electron chi connectivity index (χ4n) is 1.81. The highest BCUT2D eigenvalue weighted by atomic mass is 16.5. The minimum absolute atomic E-state index is 0.0748. The van der Waals surface area contributed by atoms with E-state index in [1.807, 2.05) is 20.8 Å². The lowest BCUT2D eigenvalue weighted by molar-refractivity contribution is -0.118. The Morgan fingerprint density at radius 2 is 1.91 bits per heavy atom. The van der Waals surface area contributed by atoms with E-state index in [-0.39, 0.29) is 17.9 Å². The average Bonchev–Trinajstić information content (AvgIpc) is 2.94. The van der Waals surface area contributed by atoms with E-state index in [0.717, 1.165) is 5.69 Å². The fraction of sp³-hybridized carbons (Fsp3) is 0.312. The van der Waals surface area contributed by atoms with Crippen LogP contribution >= 0.6 is 0 Å². The van der Waals surface area contributed by atoms with E-state index < -0.39 is 5.91 Å². The van der Waals surface area contributed by atoms with Gasteiger partial charge in [-0.15, -0.1) is 0 Å². The van der Waals surface area contributed by atoms with Crippen molar-refractivity contribution < 1.29 is 14.3 Å². The number of aromatic nitrogens is 2. The van der Waals surface area contributed by atoms with Crippen LogP contribution in [0, 0.1) is 0 Å². The number of nitrogens with zero attached hydrogens (tertiary/aromatic N) is 1. The molecule has 0 aliphatic heterocycles. The molecule has 7 nitrogen and oxygen atoms in total. The van der Waals surface area contributed by atoms with Gasteiger partial charge in [0.2, 0.25) is 5.91 Å². The van der Waals surface area contributed by atoms with E-state index in [4.69, 9.17) is 10.5 Å². The van der Waals surface area contributed by atoms with Crippen LogP contribution < -0.4 is 15.8 Å². The number of rotatable bonds is 5. The van der Waals surface area contributed by atoms with Crippen molar-refractivity contribution in [2.75, 3.05) is 11.9 Å². The summed E-state index contributed by atoms with van der Waals surface area (Å²) in [5.41, 5.74) is 6.38. The van der Waals surface area contributed by atoms with Crippen molar-refractivity contribution in [1.82, 2.24) is 10.2 Å². The summed E-state index contributed by atoms with van der Waals surface area (Å²) in [6, 6.07) is 8.04. The normalized spacial score (nSPS) is 11.1. The number of carbonyl (C=O) groups excluding carboxylic acids is 2. The fourth-order valence-corrected chi connectivity index (χ4v) is 1.81. The zero-order valence-corrected chi connectivity index (χ0v) is 13.3. The molecule has 0 saturated carbocycles. The lowest BCUT2D eigenvalue weighted by Crippen LogP contribution is -2.20. The Kier molecular flexibility index (Phi) is 4.68. The summed E-state index contributed by atoms with van der Waals surface area (Å²) in [7, 11) is 0. The second kappa shape index (κ2) is 6.51. The summed E-state index contributed by atoms with van der Waals surface area (Å²) < 4.78 is 5.35. The maximum atomic E-state index is 11.9. The number of carbonyl (C=O) groups is 2. The molecule has 1 heterocycles. The molecule has 0 fully saturated rings. The Morgan fingerprint density at radius 3 is 2.43 bits per heavy atom. The van der Waals surface area contributed by atoms with E-state index in [1.165, 1.54) is 0 Å². The number of hydrogen-bond donors (Lipinski definition) is 3. The summed E-state index contributed by atoms with van der Waals surface area (Å²) in [6.07, 6.45) is 0. The SMILES string of the molecule is CC(C)(C)c1cc(NC(=O)COc2ccc(C(N)=O)cc2)n[nH]1. The molecule has 0 unspecified atom stereocenters. The van der Waals surface area contributed by atoms with Crippen molar-refractivity contribution in [3.05, 3.63) is 41.6 Å². The number of amides is 2. The Balaban J connectivity index is 1.87. The minimum Gasteiger partial charge on any atom is -0.484 e. The lowest BCUT2D eigenvalue weighted by Gasteiger charge is -2.14. The van der Waals surface area contributed by atoms with Crippen LogP contribution in [0.25, 0.3) is 0 Å². The summed E-state index contributed by atoms with van der Waals surface area (Å²) in [5, 5.41) is 9.59. The highest BCUT2D eigenvalue weighted by Gasteiger charge is 2.17. The van der Waals surface area contributed by atoms with Crippen molar-refractivity contribution in [3.8, 4) is 5.75 Å². The molecule has 2 rings (SSSR count). The average molecular weight is 316 g/mol. The number of anilines is 1. The molecule has 0 aliphatic rings. The topological polar surface area (TPSA) is 110 Å². The predicted molar refractivity (Wildman–Crippen MR) is 86.4 cm³/mol. The van der Waals surface area contributed by atoms with Gasteiger partial charge in [-0.3, -0.25) is 14.7 Å². The Labute approximate surface area is 134 Å². The van der Waals surface area contributed by atoms with E-state index in [1.54, 1.807) is 30.3 Å². The molecule has 122 valence electrons. The molecule has 0 bridgehead atoms. The van der Waals surface area contributed by atoms with Crippen molar-refractivity contribution in [1.29, 1.82) is 0 Å². The van der Waals surface area contributed by atoms with E-state index in [9.17, 15) is 9.59 Å². The molecule has 0 aliphatic carbocycles. The number of H-pyrrole nitrogens is 1. The van der Waals surface area contributed by atoms with Crippen LogP contribution in [-0.2, 0) is 10.2 Å². The third kappa shape index (κ3) is 4.57. The van der Waals surface area contributed by atoms with Gasteiger partial charge < -0.3 is 15.8 Å². The number of nitrogens with two attached hydrogens (primary N) is 1. The molecule has 0 saturated heterocycles. The zero-order chi connectivity index (χ0) is 17.0. The molecule has 2 amide bonds. The van der Waals surface area contributed by atoms with Crippen molar-refractivity contribution in [3.63, 3.8) is 0 Å². The molecule has 0 atom stereocenters. The molecular formula is C16H20N4O3. The van der Waals surface area contributed by atoms with Crippen molar-refractivity contribution >= 4 is 17.6 Å². The van der Waals surface area contributed by atoms with E-state index >= 15 is 0 Å². The van der Waals surface area contributed by atoms with Gasteiger partial charge in [0, 0.05) is 22.7 Å². The Bertz CT molecular complexity index is 699. The van der Waals surface area contributed by atoms with Crippen LogP contribution in [0.1, 0.15) is 36.8 Å². The molecule has 2 aromatic rings. The second-order valence-electron chi connectivity index (χ2n) is 6.14. The van der Waals surface area contributed by atoms with E-state index in [2.05, 4.69) is 15.5 Å². The molecule has 23 heavy (non-hydrogen) atoms. The number of ether oxygens (including phenoxy) is 1. The van der Waals surface area contributed by atoms with Gasteiger partial charge in [0.25, 0.3) is 5.91 Å². The monoisotopic (exact) mass is 316 g/mol.